The SMILES string of the molecule is COCCNC(=O)C[C@H](Cc1ccccc1)c1cn(Cc2ccc(OC)cc2)c2ccccc12. The van der Waals surface area contributed by atoms with E-state index in [2.05, 4.69) is 76.7 Å². The van der Waals surface area contributed by atoms with Gasteiger partial charge in [-0.1, -0.05) is 60.7 Å². The van der Waals surface area contributed by atoms with Gasteiger partial charge in [0.15, 0.2) is 0 Å². The maximum absolute atomic E-state index is 12.8. The minimum atomic E-state index is 0.0463. The van der Waals surface area contributed by atoms with Gasteiger partial charge in [-0.25, -0.2) is 0 Å². The summed E-state index contributed by atoms with van der Waals surface area (Å²) in [4.78, 5) is 12.8. The van der Waals surface area contributed by atoms with E-state index < -0.39 is 0 Å². The van der Waals surface area contributed by atoms with Crippen LogP contribution in [0.3, 0.4) is 0 Å². The average Bonchev–Trinajstić information content (AvgIpc) is 3.23. The zero-order chi connectivity index (χ0) is 23.8. The van der Waals surface area contributed by atoms with Crippen LogP contribution in [-0.2, 0) is 22.5 Å². The zero-order valence-electron chi connectivity index (χ0n) is 19.9. The van der Waals surface area contributed by atoms with Crippen LogP contribution in [0.5, 0.6) is 5.75 Å². The number of ether oxygens (including phenoxy) is 2. The van der Waals surface area contributed by atoms with Gasteiger partial charge < -0.3 is 19.4 Å². The van der Waals surface area contributed by atoms with E-state index in [-0.39, 0.29) is 11.8 Å². The molecule has 176 valence electrons. The molecule has 1 amide bonds. The number of carbonyl (C=O) groups excluding carboxylic acids is 1. The van der Waals surface area contributed by atoms with E-state index in [4.69, 9.17) is 9.47 Å². The van der Waals surface area contributed by atoms with Crippen LogP contribution in [0.4, 0.5) is 0 Å². The molecular weight excluding hydrogens is 424 g/mol. The Morgan fingerprint density at radius 3 is 2.38 bits per heavy atom. The first-order chi connectivity index (χ1) is 16.7. The summed E-state index contributed by atoms with van der Waals surface area (Å²) in [6, 6.07) is 27.0. The lowest BCUT2D eigenvalue weighted by atomic mass is 9.88. The monoisotopic (exact) mass is 456 g/mol. The first kappa shape index (κ1) is 23.6. The van der Waals surface area contributed by atoms with Crippen molar-refractivity contribution >= 4 is 16.8 Å². The molecule has 0 spiro atoms. The normalized spacial score (nSPS) is 11.9. The molecule has 1 N–H and O–H groups in total. The number of amides is 1. The van der Waals surface area contributed by atoms with E-state index in [1.807, 2.05) is 18.2 Å². The van der Waals surface area contributed by atoms with E-state index in [9.17, 15) is 4.79 Å². The van der Waals surface area contributed by atoms with Crippen LogP contribution in [0.15, 0.2) is 85.1 Å². The summed E-state index contributed by atoms with van der Waals surface area (Å²) < 4.78 is 12.7. The molecule has 4 aromatic rings. The van der Waals surface area contributed by atoms with E-state index in [1.165, 1.54) is 27.6 Å². The third-order valence-corrected chi connectivity index (χ3v) is 6.16. The molecular formula is C29H32N2O3. The molecule has 0 saturated heterocycles. The molecule has 0 bridgehead atoms. The average molecular weight is 457 g/mol. The number of nitrogens with zero attached hydrogens (tertiary/aromatic N) is 1. The summed E-state index contributed by atoms with van der Waals surface area (Å²) in [7, 11) is 3.32. The molecule has 0 saturated carbocycles. The van der Waals surface area contributed by atoms with Gasteiger partial charge in [0.2, 0.25) is 5.91 Å². The van der Waals surface area contributed by atoms with E-state index in [0.29, 0.717) is 19.6 Å². The molecule has 0 unspecified atom stereocenters. The Morgan fingerprint density at radius 2 is 1.65 bits per heavy atom. The first-order valence-electron chi connectivity index (χ1n) is 11.7. The summed E-state index contributed by atoms with van der Waals surface area (Å²) in [5, 5.41) is 4.19. The van der Waals surface area contributed by atoms with Crippen molar-refractivity contribution in [3.8, 4) is 5.75 Å². The van der Waals surface area contributed by atoms with Gasteiger partial charge in [0.05, 0.1) is 13.7 Å². The number of methoxy groups -OCH3 is 2. The fourth-order valence-corrected chi connectivity index (χ4v) is 4.44. The molecule has 0 aliphatic rings. The van der Waals surface area contributed by atoms with Crippen LogP contribution in [0.2, 0.25) is 0 Å². The van der Waals surface area contributed by atoms with E-state index >= 15 is 0 Å². The van der Waals surface area contributed by atoms with Crippen molar-refractivity contribution in [2.24, 2.45) is 0 Å². The van der Waals surface area contributed by atoms with Gasteiger partial charge in [-0.3, -0.25) is 4.79 Å². The highest BCUT2D eigenvalue weighted by Crippen LogP contribution is 2.33. The van der Waals surface area contributed by atoms with Crippen LogP contribution in [0, 0.1) is 0 Å². The molecule has 1 aromatic heterocycles. The van der Waals surface area contributed by atoms with Crippen LogP contribution < -0.4 is 10.1 Å². The van der Waals surface area contributed by atoms with Crippen molar-refractivity contribution in [3.63, 3.8) is 0 Å². The Kier molecular flexibility index (Phi) is 7.99. The maximum Gasteiger partial charge on any atom is 0.220 e. The summed E-state index contributed by atoms with van der Waals surface area (Å²) >= 11 is 0. The predicted molar refractivity (Wildman–Crippen MR) is 136 cm³/mol. The molecule has 1 heterocycles. The number of benzene rings is 3. The van der Waals surface area contributed by atoms with Crippen molar-refractivity contribution in [1.29, 1.82) is 0 Å². The van der Waals surface area contributed by atoms with Crippen LogP contribution in [-0.4, -0.2) is 37.8 Å². The van der Waals surface area contributed by atoms with Gasteiger partial charge in [-0.15, -0.1) is 0 Å². The number of carbonyl (C=O) groups is 1. The van der Waals surface area contributed by atoms with Gasteiger partial charge in [0.25, 0.3) is 0 Å². The summed E-state index contributed by atoms with van der Waals surface area (Å²) in [5.41, 5.74) is 4.80. The molecule has 0 aliphatic heterocycles. The van der Waals surface area contributed by atoms with Crippen molar-refractivity contribution in [2.75, 3.05) is 27.4 Å². The van der Waals surface area contributed by atoms with Crippen molar-refractivity contribution in [3.05, 3.63) is 102 Å². The Labute approximate surface area is 201 Å². The van der Waals surface area contributed by atoms with Gasteiger partial charge in [0, 0.05) is 43.7 Å². The molecule has 4 rings (SSSR count). The Hall–Kier alpha value is -3.57. The maximum atomic E-state index is 12.8. The van der Waals surface area contributed by atoms with Gasteiger partial charge in [-0.2, -0.15) is 0 Å². The Bertz CT molecular complexity index is 1200. The highest BCUT2D eigenvalue weighted by atomic mass is 16.5. The van der Waals surface area contributed by atoms with Gasteiger partial charge >= 0.3 is 0 Å². The van der Waals surface area contributed by atoms with E-state index in [0.717, 1.165) is 18.7 Å². The quantitative estimate of drug-likeness (QED) is 0.317. The lowest BCUT2D eigenvalue weighted by molar-refractivity contribution is -0.121. The molecule has 1 atom stereocenters. The minimum Gasteiger partial charge on any atom is -0.497 e. The third kappa shape index (κ3) is 5.86. The number of rotatable bonds is 11. The number of hydrogen-bond acceptors (Lipinski definition) is 3. The standard InChI is InChI=1S/C29H32N2O3/c1-33-17-16-30-29(32)19-24(18-22-8-4-3-5-9-22)27-21-31(28-11-7-6-10-26(27)28)20-23-12-14-25(34-2)15-13-23/h3-15,21,24H,16-20H2,1-2H3,(H,30,32)/t24-/m0/s1. The second kappa shape index (κ2) is 11.5. The molecule has 5 nitrogen and oxygen atoms in total. The molecule has 0 fully saturated rings. The van der Waals surface area contributed by atoms with Gasteiger partial charge in [-0.05, 0) is 47.2 Å². The Morgan fingerprint density at radius 1 is 0.912 bits per heavy atom. The molecule has 3 aromatic carbocycles. The minimum absolute atomic E-state index is 0.0463. The summed E-state index contributed by atoms with van der Waals surface area (Å²) in [6.45, 7) is 1.78. The number of aromatic nitrogens is 1. The second-order valence-electron chi connectivity index (χ2n) is 8.51. The van der Waals surface area contributed by atoms with Crippen molar-refractivity contribution in [2.45, 2.75) is 25.3 Å². The molecule has 0 radical (unpaired) electrons. The Balaban J connectivity index is 1.66. The summed E-state index contributed by atoms with van der Waals surface area (Å²) in [6.07, 6.45) is 3.45. The second-order valence-corrected chi connectivity index (χ2v) is 8.51. The lowest BCUT2D eigenvalue weighted by Crippen LogP contribution is -2.28. The summed E-state index contributed by atoms with van der Waals surface area (Å²) in [5.74, 6) is 0.959. The lowest BCUT2D eigenvalue weighted by Gasteiger charge is -2.17. The fraction of sp³-hybridized carbons (Fsp3) is 0.276. The smallest absolute Gasteiger partial charge is 0.220 e. The molecule has 0 aliphatic carbocycles. The largest absolute Gasteiger partial charge is 0.497 e. The van der Waals surface area contributed by atoms with Crippen molar-refractivity contribution < 1.29 is 14.3 Å². The van der Waals surface area contributed by atoms with E-state index in [1.54, 1.807) is 14.2 Å². The highest BCUT2D eigenvalue weighted by molar-refractivity contribution is 5.86. The number of nitrogens with one attached hydrogen (secondary N) is 1. The third-order valence-electron chi connectivity index (χ3n) is 6.16. The topological polar surface area (TPSA) is 52.5 Å². The first-order valence-corrected chi connectivity index (χ1v) is 11.7. The number of para-hydroxylation sites is 1. The predicted octanol–water partition coefficient (Wildman–Crippen LogP) is 5.18. The van der Waals surface area contributed by atoms with Crippen LogP contribution >= 0.6 is 0 Å². The van der Waals surface area contributed by atoms with Gasteiger partial charge in [0.1, 0.15) is 5.75 Å². The fourth-order valence-electron chi connectivity index (χ4n) is 4.44. The number of hydrogen-bond donors (Lipinski definition) is 1. The number of fused-ring (bicyclic) bond motifs is 1. The zero-order valence-corrected chi connectivity index (χ0v) is 19.9. The molecule has 5 heteroatoms. The van der Waals surface area contributed by atoms with Crippen LogP contribution in [0.1, 0.15) is 29.0 Å². The molecule has 34 heavy (non-hydrogen) atoms. The highest BCUT2D eigenvalue weighted by Gasteiger charge is 2.21. The van der Waals surface area contributed by atoms with Crippen LogP contribution in [0.25, 0.3) is 10.9 Å². The van der Waals surface area contributed by atoms with Crippen molar-refractivity contribution in [1.82, 2.24) is 9.88 Å².